The number of carboxylic acid groups (broad SMARTS) is 1. The van der Waals surface area contributed by atoms with Gasteiger partial charge in [-0.2, -0.15) is 0 Å². The lowest BCUT2D eigenvalue weighted by molar-refractivity contribution is -0.137. The Morgan fingerprint density at radius 3 is 2.56 bits per heavy atom. The third kappa shape index (κ3) is 3.83. The highest BCUT2D eigenvalue weighted by Gasteiger charge is 2.24. The van der Waals surface area contributed by atoms with Gasteiger partial charge < -0.3 is 15.0 Å². The third-order valence-corrected chi connectivity index (χ3v) is 5.42. The fraction of sp³-hybridized carbons (Fsp3) is 0.350. The van der Waals surface area contributed by atoms with Crippen LogP contribution in [0.5, 0.6) is 0 Å². The van der Waals surface area contributed by atoms with E-state index in [1.54, 1.807) is 0 Å². The Bertz CT molecular complexity index is 954. The Balaban J connectivity index is 2.04. The van der Waals surface area contributed by atoms with Crippen molar-refractivity contribution in [1.82, 2.24) is 14.5 Å². The Morgan fingerprint density at radius 2 is 1.96 bits per heavy atom. The molecule has 0 unspecified atom stereocenters. The highest BCUT2D eigenvalue weighted by Crippen LogP contribution is 2.36. The number of benzene rings is 1. The van der Waals surface area contributed by atoms with Gasteiger partial charge in [0.2, 0.25) is 0 Å². The first kappa shape index (κ1) is 19.4. The molecule has 7 heteroatoms. The molecule has 0 bridgehead atoms. The number of aromatic nitrogens is 3. The van der Waals surface area contributed by atoms with Gasteiger partial charge in [0.25, 0.3) is 0 Å². The van der Waals surface area contributed by atoms with Crippen LogP contribution in [0.25, 0.3) is 11.0 Å². The fourth-order valence-corrected chi connectivity index (χ4v) is 4.18. The molecule has 1 aromatic carbocycles. The average molecular weight is 431 g/mol. The van der Waals surface area contributed by atoms with Crippen LogP contribution in [0.3, 0.4) is 0 Å². The van der Waals surface area contributed by atoms with Gasteiger partial charge in [-0.05, 0) is 41.8 Å². The Morgan fingerprint density at radius 1 is 1.26 bits per heavy atom. The smallest absolute Gasteiger partial charge is 0.326 e. The lowest BCUT2D eigenvalue weighted by Crippen LogP contribution is -2.32. The zero-order valence-electron chi connectivity index (χ0n) is 15.6. The van der Waals surface area contributed by atoms with Gasteiger partial charge in [0.1, 0.15) is 23.8 Å². The molecule has 142 valence electrons. The van der Waals surface area contributed by atoms with E-state index in [1.165, 1.54) is 6.33 Å². The number of carbonyl (C=O) groups is 1. The second-order valence-electron chi connectivity index (χ2n) is 6.72. The Labute approximate surface area is 166 Å². The lowest BCUT2D eigenvalue weighted by Gasteiger charge is -2.16. The van der Waals surface area contributed by atoms with Crippen molar-refractivity contribution in [3.8, 4) is 0 Å². The van der Waals surface area contributed by atoms with E-state index in [0.717, 1.165) is 33.2 Å². The first-order valence-corrected chi connectivity index (χ1v) is 9.79. The summed E-state index contributed by atoms with van der Waals surface area (Å²) < 4.78 is 3.08. The number of fused-ring (bicyclic) bond motifs is 1. The molecule has 0 spiro atoms. The quantitative estimate of drug-likeness (QED) is 0.578. The van der Waals surface area contributed by atoms with Crippen LogP contribution < -0.4 is 5.32 Å². The molecule has 2 heterocycles. The summed E-state index contributed by atoms with van der Waals surface area (Å²) in [5.74, 6) is -0.384. The van der Waals surface area contributed by atoms with E-state index in [2.05, 4.69) is 56.6 Å². The molecule has 0 saturated carbocycles. The monoisotopic (exact) mass is 430 g/mol. The zero-order valence-corrected chi connectivity index (χ0v) is 17.2. The molecule has 1 atom stereocenters. The minimum atomic E-state index is -0.916. The van der Waals surface area contributed by atoms with Crippen molar-refractivity contribution >= 4 is 38.8 Å². The molecule has 3 aromatic rings. The molecule has 2 aromatic heterocycles. The molecular formula is C20H23BrN4O2. The van der Waals surface area contributed by atoms with Gasteiger partial charge in [-0.3, -0.25) is 0 Å². The van der Waals surface area contributed by atoms with E-state index in [0.29, 0.717) is 12.2 Å². The van der Waals surface area contributed by atoms with Gasteiger partial charge in [0.05, 0.1) is 9.86 Å². The van der Waals surface area contributed by atoms with Gasteiger partial charge in [0.15, 0.2) is 0 Å². The summed E-state index contributed by atoms with van der Waals surface area (Å²) in [6, 6.07) is 9.02. The average Bonchev–Trinajstić information content (AvgIpc) is 2.95. The normalized spacial score (nSPS) is 12.5. The van der Waals surface area contributed by atoms with Crippen LogP contribution in [0, 0.1) is 0 Å². The number of rotatable bonds is 7. The molecule has 0 aliphatic heterocycles. The predicted molar refractivity (Wildman–Crippen MR) is 110 cm³/mol. The van der Waals surface area contributed by atoms with E-state index in [9.17, 15) is 9.90 Å². The van der Waals surface area contributed by atoms with E-state index in [4.69, 9.17) is 0 Å². The van der Waals surface area contributed by atoms with Crippen LogP contribution in [0.2, 0.25) is 0 Å². The van der Waals surface area contributed by atoms with Gasteiger partial charge in [-0.1, -0.05) is 37.3 Å². The van der Waals surface area contributed by atoms with Crippen LogP contribution in [0.15, 0.2) is 41.1 Å². The van der Waals surface area contributed by atoms with Crippen molar-refractivity contribution in [2.24, 2.45) is 0 Å². The van der Waals surface area contributed by atoms with Crippen molar-refractivity contribution < 1.29 is 9.90 Å². The molecule has 2 N–H and O–H groups in total. The first-order valence-electron chi connectivity index (χ1n) is 9.00. The molecule has 0 saturated heterocycles. The van der Waals surface area contributed by atoms with Gasteiger partial charge >= 0.3 is 5.97 Å². The number of hydrogen-bond acceptors (Lipinski definition) is 4. The highest BCUT2D eigenvalue weighted by atomic mass is 79.9. The number of anilines is 1. The molecule has 27 heavy (non-hydrogen) atoms. The van der Waals surface area contributed by atoms with Crippen molar-refractivity contribution in [3.05, 3.63) is 52.4 Å². The summed E-state index contributed by atoms with van der Waals surface area (Å²) in [4.78, 5) is 20.7. The van der Waals surface area contributed by atoms with Gasteiger partial charge in [-0.15, -0.1) is 0 Å². The van der Waals surface area contributed by atoms with E-state index < -0.39 is 12.0 Å². The maximum atomic E-state index is 11.8. The Hall–Kier alpha value is -2.41. The molecule has 0 aliphatic rings. The molecule has 0 aliphatic carbocycles. The van der Waals surface area contributed by atoms with Crippen LogP contribution in [-0.2, 0) is 17.6 Å². The molecule has 0 fully saturated rings. The van der Waals surface area contributed by atoms with Gasteiger partial charge in [-0.25, -0.2) is 14.8 Å². The van der Waals surface area contributed by atoms with Crippen LogP contribution in [0.1, 0.15) is 38.1 Å². The number of halogens is 1. The summed E-state index contributed by atoms with van der Waals surface area (Å²) in [5.41, 5.74) is 2.88. The summed E-state index contributed by atoms with van der Waals surface area (Å²) >= 11 is 3.69. The maximum Gasteiger partial charge on any atom is 0.326 e. The van der Waals surface area contributed by atoms with Gasteiger partial charge in [0, 0.05) is 18.2 Å². The summed E-state index contributed by atoms with van der Waals surface area (Å²) in [5, 5.41) is 13.7. The molecular weight excluding hydrogens is 408 g/mol. The van der Waals surface area contributed by atoms with Crippen molar-refractivity contribution in [3.63, 3.8) is 0 Å². The lowest BCUT2D eigenvalue weighted by atomic mass is 10.1. The molecule has 6 nitrogen and oxygen atoms in total. The number of carboxylic acids is 1. The Kier molecular flexibility index (Phi) is 5.79. The topological polar surface area (TPSA) is 80.0 Å². The van der Waals surface area contributed by atoms with Crippen molar-refractivity contribution in [2.45, 2.75) is 45.7 Å². The standard InChI is InChI=1S/C20H23BrN4O2/c1-4-15-17(21)16-18(22-11-23-19(16)25(15)12(2)3)24-14(20(26)27)10-13-8-6-5-7-9-13/h5-9,11-12,14H,4,10H2,1-3H3,(H,26,27)(H,22,23,24)/t14-/m1/s1. The van der Waals surface area contributed by atoms with E-state index >= 15 is 0 Å². The van der Waals surface area contributed by atoms with Crippen molar-refractivity contribution in [1.29, 1.82) is 0 Å². The number of nitrogens with one attached hydrogen (secondary N) is 1. The predicted octanol–water partition coefficient (Wildman–Crippen LogP) is 4.44. The van der Waals surface area contributed by atoms with Crippen molar-refractivity contribution in [2.75, 3.05) is 5.32 Å². The minimum Gasteiger partial charge on any atom is -0.480 e. The van der Waals surface area contributed by atoms with Crippen LogP contribution >= 0.6 is 15.9 Å². The number of aliphatic carboxylic acids is 1. The first-order chi connectivity index (χ1) is 12.9. The SMILES string of the molecule is CCc1c(Br)c2c(N[C@H](Cc3ccccc3)C(=O)O)ncnc2n1C(C)C. The van der Waals surface area contributed by atoms with E-state index in [-0.39, 0.29) is 6.04 Å². The molecule has 0 amide bonds. The van der Waals surface area contributed by atoms with Crippen LogP contribution in [0.4, 0.5) is 5.82 Å². The summed E-state index contributed by atoms with van der Waals surface area (Å²) in [6.45, 7) is 6.30. The number of hydrogen-bond donors (Lipinski definition) is 2. The second-order valence-corrected chi connectivity index (χ2v) is 7.52. The minimum absolute atomic E-state index is 0.232. The third-order valence-electron chi connectivity index (χ3n) is 4.56. The summed E-state index contributed by atoms with van der Waals surface area (Å²) in [6.07, 6.45) is 2.68. The zero-order chi connectivity index (χ0) is 19.6. The second kappa shape index (κ2) is 8.08. The maximum absolute atomic E-state index is 11.8. The number of nitrogens with zero attached hydrogens (tertiary/aromatic N) is 3. The summed E-state index contributed by atoms with van der Waals surface area (Å²) in [7, 11) is 0. The molecule has 0 radical (unpaired) electrons. The highest BCUT2D eigenvalue weighted by molar-refractivity contribution is 9.10. The molecule has 3 rings (SSSR count). The van der Waals surface area contributed by atoms with E-state index in [1.807, 2.05) is 30.3 Å². The largest absolute Gasteiger partial charge is 0.480 e. The fourth-order valence-electron chi connectivity index (χ4n) is 3.35. The van der Waals surface area contributed by atoms with Crippen LogP contribution in [-0.4, -0.2) is 31.7 Å².